The van der Waals surface area contributed by atoms with Crippen LogP contribution in [0.5, 0.6) is 5.75 Å². The molecule has 0 saturated carbocycles. The number of fused-ring (bicyclic) bond motifs is 1. The first-order chi connectivity index (χ1) is 11.2. The number of aromatic hydroxyl groups is 1. The number of hydrogen-bond acceptors (Lipinski definition) is 1. The molecule has 1 nitrogen and oxygen atoms in total. The average molecular weight is 322 g/mol. The Morgan fingerprint density at radius 2 is 1.46 bits per heavy atom. The van der Waals surface area contributed by atoms with E-state index in [1.165, 1.54) is 35.1 Å². The molecule has 128 valence electrons. The van der Waals surface area contributed by atoms with Crippen molar-refractivity contribution in [2.75, 3.05) is 0 Å². The highest BCUT2D eigenvalue weighted by Gasteiger charge is 2.37. The molecule has 0 aromatic heterocycles. The van der Waals surface area contributed by atoms with Crippen LogP contribution < -0.4 is 0 Å². The summed E-state index contributed by atoms with van der Waals surface area (Å²) in [5.41, 5.74) is 6.31. The second-order valence-corrected chi connectivity index (χ2v) is 8.84. The van der Waals surface area contributed by atoms with Gasteiger partial charge in [0.2, 0.25) is 0 Å². The number of phenolic OH excluding ortho intramolecular Hbond substituents is 1. The Hall–Kier alpha value is -1.76. The zero-order valence-corrected chi connectivity index (χ0v) is 15.7. The van der Waals surface area contributed by atoms with Crippen molar-refractivity contribution in [3.05, 3.63) is 64.7 Å². The Morgan fingerprint density at radius 1 is 0.875 bits per heavy atom. The quantitative estimate of drug-likeness (QED) is 0.725. The predicted octanol–water partition coefficient (Wildman–Crippen LogP) is 6.09. The fourth-order valence-electron chi connectivity index (χ4n) is 4.02. The van der Waals surface area contributed by atoms with Gasteiger partial charge in [-0.2, -0.15) is 0 Å². The maximum atomic E-state index is 9.45. The van der Waals surface area contributed by atoms with Gasteiger partial charge in [-0.25, -0.2) is 0 Å². The zero-order chi connectivity index (χ0) is 17.5. The van der Waals surface area contributed by atoms with E-state index in [1.54, 1.807) is 12.1 Å². The van der Waals surface area contributed by atoms with E-state index in [0.29, 0.717) is 11.7 Å². The van der Waals surface area contributed by atoms with Crippen LogP contribution in [0.15, 0.2) is 42.5 Å². The van der Waals surface area contributed by atoms with Crippen molar-refractivity contribution in [2.45, 2.75) is 70.6 Å². The summed E-state index contributed by atoms with van der Waals surface area (Å²) in [6.45, 7) is 11.8. The third-order valence-corrected chi connectivity index (χ3v) is 5.92. The summed E-state index contributed by atoms with van der Waals surface area (Å²) < 4.78 is 0. The lowest BCUT2D eigenvalue weighted by Crippen LogP contribution is -2.34. The average Bonchev–Trinajstić information content (AvgIpc) is 2.54. The summed E-state index contributed by atoms with van der Waals surface area (Å²) in [5.74, 6) is 0.810. The summed E-state index contributed by atoms with van der Waals surface area (Å²) in [7, 11) is 0. The standard InChI is InChI=1S/C23H30O/c1-16(14-17-6-9-19(24)10-7-17)18-8-11-20-21(15-18)23(4,5)13-12-22(20,2)3/h6-11,15-16,24H,12-14H2,1-5H3. The minimum absolute atomic E-state index is 0.263. The molecule has 1 N–H and O–H groups in total. The number of phenols is 1. The van der Waals surface area contributed by atoms with Crippen molar-refractivity contribution in [3.8, 4) is 5.75 Å². The minimum Gasteiger partial charge on any atom is -0.508 e. The Morgan fingerprint density at radius 3 is 2.08 bits per heavy atom. The van der Waals surface area contributed by atoms with Gasteiger partial charge in [0.05, 0.1) is 0 Å². The van der Waals surface area contributed by atoms with E-state index in [9.17, 15) is 5.11 Å². The maximum Gasteiger partial charge on any atom is 0.115 e. The zero-order valence-electron chi connectivity index (χ0n) is 15.7. The van der Waals surface area contributed by atoms with Crippen molar-refractivity contribution in [1.82, 2.24) is 0 Å². The predicted molar refractivity (Wildman–Crippen MR) is 102 cm³/mol. The van der Waals surface area contributed by atoms with Gasteiger partial charge in [0.1, 0.15) is 5.75 Å². The normalized spacial score (nSPS) is 19.5. The molecule has 2 aromatic rings. The number of benzene rings is 2. The highest BCUT2D eigenvalue weighted by Crippen LogP contribution is 2.46. The van der Waals surface area contributed by atoms with Gasteiger partial charge in [0.25, 0.3) is 0 Å². The van der Waals surface area contributed by atoms with E-state index in [4.69, 9.17) is 0 Å². The molecule has 0 radical (unpaired) electrons. The summed E-state index contributed by atoms with van der Waals surface area (Å²) in [6.07, 6.45) is 3.51. The van der Waals surface area contributed by atoms with E-state index in [0.717, 1.165) is 6.42 Å². The second-order valence-electron chi connectivity index (χ2n) is 8.84. The third kappa shape index (κ3) is 3.22. The van der Waals surface area contributed by atoms with E-state index >= 15 is 0 Å². The molecule has 0 spiro atoms. The first-order valence-electron chi connectivity index (χ1n) is 9.12. The van der Waals surface area contributed by atoms with Crippen LogP contribution in [-0.2, 0) is 17.3 Å². The van der Waals surface area contributed by atoms with Crippen LogP contribution >= 0.6 is 0 Å². The van der Waals surface area contributed by atoms with Gasteiger partial charge in [-0.3, -0.25) is 0 Å². The van der Waals surface area contributed by atoms with Gasteiger partial charge in [-0.15, -0.1) is 0 Å². The van der Waals surface area contributed by atoms with Gasteiger partial charge in [0.15, 0.2) is 0 Å². The third-order valence-electron chi connectivity index (χ3n) is 5.92. The SMILES string of the molecule is CC(Cc1ccc(O)cc1)c1ccc2c(c1)C(C)(C)CCC2(C)C. The van der Waals surface area contributed by atoms with Gasteiger partial charge in [0, 0.05) is 0 Å². The van der Waals surface area contributed by atoms with E-state index < -0.39 is 0 Å². The molecule has 0 heterocycles. The number of rotatable bonds is 3. The lowest BCUT2D eigenvalue weighted by Gasteiger charge is -2.42. The summed E-state index contributed by atoms with van der Waals surface area (Å²) >= 11 is 0. The molecule has 0 amide bonds. The van der Waals surface area contributed by atoms with Crippen LogP contribution in [0.4, 0.5) is 0 Å². The van der Waals surface area contributed by atoms with Crippen LogP contribution in [0, 0.1) is 0 Å². The Labute approximate surface area is 146 Å². The van der Waals surface area contributed by atoms with Crippen molar-refractivity contribution in [2.24, 2.45) is 0 Å². The van der Waals surface area contributed by atoms with Crippen molar-refractivity contribution in [1.29, 1.82) is 0 Å². The molecule has 1 aliphatic carbocycles. The largest absolute Gasteiger partial charge is 0.508 e. The molecule has 1 aliphatic rings. The first kappa shape index (κ1) is 17.1. The van der Waals surface area contributed by atoms with Gasteiger partial charge < -0.3 is 5.11 Å². The number of hydrogen-bond donors (Lipinski definition) is 1. The van der Waals surface area contributed by atoms with Crippen molar-refractivity contribution >= 4 is 0 Å². The summed E-state index contributed by atoms with van der Waals surface area (Å²) in [5, 5.41) is 9.45. The molecular formula is C23H30O. The molecular weight excluding hydrogens is 292 g/mol. The molecule has 0 aliphatic heterocycles. The van der Waals surface area contributed by atoms with Crippen LogP contribution in [0.1, 0.15) is 75.6 Å². The molecule has 24 heavy (non-hydrogen) atoms. The lowest BCUT2D eigenvalue weighted by atomic mass is 9.62. The van der Waals surface area contributed by atoms with Gasteiger partial charge in [-0.1, -0.05) is 65.0 Å². The van der Waals surface area contributed by atoms with E-state index in [1.807, 2.05) is 12.1 Å². The topological polar surface area (TPSA) is 20.2 Å². The van der Waals surface area contributed by atoms with E-state index in [2.05, 4.69) is 52.8 Å². The lowest BCUT2D eigenvalue weighted by molar-refractivity contribution is 0.331. The van der Waals surface area contributed by atoms with Crippen molar-refractivity contribution < 1.29 is 5.11 Å². The van der Waals surface area contributed by atoms with Crippen LogP contribution in [0.3, 0.4) is 0 Å². The molecule has 3 rings (SSSR count). The van der Waals surface area contributed by atoms with Crippen LogP contribution in [0.25, 0.3) is 0 Å². The van der Waals surface area contributed by atoms with Gasteiger partial charge in [-0.05, 0) is 70.4 Å². The van der Waals surface area contributed by atoms with Crippen LogP contribution in [0.2, 0.25) is 0 Å². The minimum atomic E-state index is 0.263. The second kappa shape index (κ2) is 5.95. The Kier molecular flexibility index (Phi) is 4.23. The Bertz CT molecular complexity index is 722. The molecule has 0 saturated heterocycles. The molecule has 0 bridgehead atoms. The summed E-state index contributed by atoms with van der Waals surface area (Å²) in [4.78, 5) is 0. The van der Waals surface area contributed by atoms with E-state index in [-0.39, 0.29) is 10.8 Å². The highest BCUT2D eigenvalue weighted by molar-refractivity contribution is 5.44. The molecule has 2 aromatic carbocycles. The summed E-state index contributed by atoms with van der Waals surface area (Å²) in [6, 6.07) is 14.8. The fourth-order valence-corrected chi connectivity index (χ4v) is 4.02. The smallest absolute Gasteiger partial charge is 0.115 e. The highest BCUT2D eigenvalue weighted by atomic mass is 16.3. The van der Waals surface area contributed by atoms with Crippen LogP contribution in [-0.4, -0.2) is 5.11 Å². The molecule has 0 fully saturated rings. The van der Waals surface area contributed by atoms with Gasteiger partial charge >= 0.3 is 0 Å². The molecule has 1 atom stereocenters. The Balaban J connectivity index is 1.91. The van der Waals surface area contributed by atoms with Crippen molar-refractivity contribution in [3.63, 3.8) is 0 Å². The first-order valence-corrected chi connectivity index (χ1v) is 9.12. The monoisotopic (exact) mass is 322 g/mol. The molecule has 1 unspecified atom stereocenters. The maximum absolute atomic E-state index is 9.45. The fraction of sp³-hybridized carbons (Fsp3) is 0.478. The molecule has 1 heteroatoms.